The van der Waals surface area contributed by atoms with Gasteiger partial charge in [-0.25, -0.2) is 4.98 Å². The summed E-state index contributed by atoms with van der Waals surface area (Å²) < 4.78 is 11.0. The fourth-order valence-corrected chi connectivity index (χ4v) is 9.53. The van der Waals surface area contributed by atoms with Crippen LogP contribution in [-0.2, 0) is 0 Å². The molecule has 0 atom stereocenters. The molecule has 9 aromatic carbocycles. The van der Waals surface area contributed by atoms with E-state index in [1.54, 1.807) is 0 Å². The number of nitrogens with zero attached hydrogens (tertiary/aromatic N) is 5. The van der Waals surface area contributed by atoms with E-state index in [0.29, 0.717) is 17.6 Å². The van der Waals surface area contributed by atoms with Crippen molar-refractivity contribution in [1.82, 2.24) is 24.1 Å². The van der Waals surface area contributed by atoms with E-state index in [1.165, 1.54) is 22.1 Å². The summed E-state index contributed by atoms with van der Waals surface area (Å²) in [6, 6.07) is 74.5. The second kappa shape index (κ2) is 14.0. The molecule has 6 heteroatoms. The van der Waals surface area contributed by atoms with Crippen molar-refractivity contribution in [2.45, 2.75) is 0 Å². The highest BCUT2D eigenvalue weighted by Gasteiger charge is 2.24. The molecular weight excluding hydrogens is 771 g/mol. The number of hydrogen-bond donors (Lipinski definition) is 0. The fourth-order valence-electron chi connectivity index (χ4n) is 9.53. The Kier molecular flexibility index (Phi) is 7.80. The number of rotatable bonds is 6. The lowest BCUT2D eigenvalue weighted by atomic mass is 10.0. The Balaban J connectivity index is 1.07. The number of furan rings is 1. The number of benzene rings is 9. The first kappa shape index (κ1) is 35.2. The molecule has 0 radical (unpaired) electrons. The van der Waals surface area contributed by atoms with Gasteiger partial charge in [-0.2, -0.15) is 9.97 Å². The van der Waals surface area contributed by atoms with Gasteiger partial charge in [-0.3, -0.25) is 4.57 Å². The van der Waals surface area contributed by atoms with Crippen LogP contribution in [0.1, 0.15) is 0 Å². The smallest absolute Gasteiger partial charge is 0.238 e. The van der Waals surface area contributed by atoms with E-state index >= 15 is 0 Å². The summed E-state index contributed by atoms with van der Waals surface area (Å²) >= 11 is 0. The Morgan fingerprint density at radius 3 is 1.48 bits per heavy atom. The second-order valence-corrected chi connectivity index (χ2v) is 16.0. The SMILES string of the molecule is c1ccc(-c2ccc(-c3ccc(-n4c5ccccc5c5ccc6c7ccccc7n(-c7nc(-c8ccccc8)nc(-c8cccc9oc%10ccccc%10c89)n7)c6c54)cc3)cc2)cc1. The summed E-state index contributed by atoms with van der Waals surface area (Å²) in [5.74, 6) is 1.70. The highest BCUT2D eigenvalue weighted by molar-refractivity contribution is 6.23. The van der Waals surface area contributed by atoms with Crippen LogP contribution in [0, 0.1) is 0 Å². The van der Waals surface area contributed by atoms with Crippen LogP contribution in [-0.4, -0.2) is 24.1 Å². The molecule has 0 saturated carbocycles. The number of hydrogen-bond acceptors (Lipinski definition) is 4. The van der Waals surface area contributed by atoms with Gasteiger partial charge in [0.2, 0.25) is 5.95 Å². The molecular formula is C57H35N5O. The van der Waals surface area contributed by atoms with Crippen molar-refractivity contribution in [3.63, 3.8) is 0 Å². The van der Waals surface area contributed by atoms with Crippen molar-refractivity contribution in [2.24, 2.45) is 0 Å². The summed E-state index contributed by atoms with van der Waals surface area (Å²) in [7, 11) is 0. The fraction of sp³-hybridized carbons (Fsp3) is 0. The third-order valence-electron chi connectivity index (χ3n) is 12.4. The van der Waals surface area contributed by atoms with E-state index < -0.39 is 0 Å². The molecule has 0 unspecified atom stereocenters. The zero-order chi connectivity index (χ0) is 41.4. The van der Waals surface area contributed by atoms with Crippen molar-refractivity contribution in [1.29, 1.82) is 0 Å². The highest BCUT2D eigenvalue weighted by atomic mass is 16.3. The minimum absolute atomic E-state index is 0.536. The first-order valence-electron chi connectivity index (χ1n) is 21.2. The molecule has 13 aromatic rings. The summed E-state index contributed by atoms with van der Waals surface area (Å²) in [5.41, 5.74) is 13.4. The van der Waals surface area contributed by atoms with Gasteiger partial charge in [0.05, 0.1) is 22.1 Å². The van der Waals surface area contributed by atoms with Gasteiger partial charge in [0, 0.05) is 49.1 Å². The van der Waals surface area contributed by atoms with Crippen LogP contribution in [0.2, 0.25) is 0 Å². The van der Waals surface area contributed by atoms with Crippen molar-refractivity contribution >= 4 is 65.6 Å². The number of aromatic nitrogens is 5. The standard InChI is InChI=1S/C57H35N5O/c1-3-14-36(15-4-1)37-26-28-38(29-27-37)39-30-32-41(33-31-39)61-48-22-10-7-18-42(48)44-34-35-45-43-19-8-11-23-49(43)62(54(45)53(44)61)57-59-55(40-16-5-2-6-17-40)58-56(60-57)47-21-13-25-51-52(47)46-20-9-12-24-50(46)63-51/h1-35H. The van der Waals surface area contributed by atoms with E-state index in [1.807, 2.05) is 48.5 Å². The van der Waals surface area contributed by atoms with E-state index in [4.69, 9.17) is 19.4 Å². The van der Waals surface area contributed by atoms with Gasteiger partial charge < -0.3 is 8.98 Å². The molecule has 4 heterocycles. The molecule has 0 aliphatic rings. The second-order valence-electron chi connectivity index (χ2n) is 16.0. The Morgan fingerprint density at radius 1 is 0.317 bits per heavy atom. The normalized spacial score (nSPS) is 11.8. The largest absolute Gasteiger partial charge is 0.456 e. The van der Waals surface area contributed by atoms with E-state index in [9.17, 15) is 0 Å². The average molecular weight is 806 g/mol. The van der Waals surface area contributed by atoms with Crippen molar-refractivity contribution in [3.05, 3.63) is 212 Å². The third kappa shape index (κ3) is 5.55. The minimum Gasteiger partial charge on any atom is -0.456 e. The summed E-state index contributed by atoms with van der Waals surface area (Å²) in [5, 5.41) is 6.55. The van der Waals surface area contributed by atoms with Crippen LogP contribution in [0.5, 0.6) is 0 Å². The topological polar surface area (TPSA) is 61.7 Å². The molecule has 0 aliphatic carbocycles. The molecule has 294 valence electrons. The van der Waals surface area contributed by atoms with Crippen LogP contribution < -0.4 is 0 Å². The maximum atomic E-state index is 6.35. The predicted molar refractivity (Wildman–Crippen MR) is 258 cm³/mol. The minimum atomic E-state index is 0.536. The lowest BCUT2D eigenvalue weighted by molar-refractivity contribution is 0.669. The average Bonchev–Trinajstić information content (AvgIpc) is 4.03. The van der Waals surface area contributed by atoms with Crippen molar-refractivity contribution in [2.75, 3.05) is 0 Å². The van der Waals surface area contributed by atoms with Crippen LogP contribution >= 0.6 is 0 Å². The van der Waals surface area contributed by atoms with E-state index in [2.05, 4.69) is 173 Å². The van der Waals surface area contributed by atoms with Crippen LogP contribution in [0.3, 0.4) is 0 Å². The quantitative estimate of drug-likeness (QED) is 0.168. The Labute approximate surface area is 361 Å². The third-order valence-corrected chi connectivity index (χ3v) is 12.4. The van der Waals surface area contributed by atoms with E-state index in [-0.39, 0.29) is 0 Å². The Hall–Kier alpha value is -8.61. The maximum Gasteiger partial charge on any atom is 0.238 e. The molecule has 0 N–H and O–H groups in total. The molecule has 0 spiro atoms. The van der Waals surface area contributed by atoms with Gasteiger partial charge in [-0.05, 0) is 58.7 Å². The molecule has 63 heavy (non-hydrogen) atoms. The molecule has 0 saturated heterocycles. The Bertz CT molecular complexity index is 3880. The van der Waals surface area contributed by atoms with Crippen LogP contribution in [0.25, 0.3) is 122 Å². The van der Waals surface area contributed by atoms with Crippen molar-refractivity contribution < 1.29 is 4.42 Å². The lowest BCUT2D eigenvalue weighted by Gasteiger charge is -2.14. The predicted octanol–water partition coefficient (Wildman–Crippen LogP) is 14.6. The zero-order valence-electron chi connectivity index (χ0n) is 33.9. The van der Waals surface area contributed by atoms with Gasteiger partial charge in [-0.1, -0.05) is 176 Å². The first-order chi connectivity index (χ1) is 31.2. The number of fused-ring (bicyclic) bond motifs is 10. The molecule has 0 amide bonds. The monoisotopic (exact) mass is 805 g/mol. The van der Waals surface area contributed by atoms with Crippen molar-refractivity contribution in [3.8, 4) is 56.7 Å². The number of para-hydroxylation sites is 3. The van der Waals surface area contributed by atoms with Crippen LogP contribution in [0.4, 0.5) is 0 Å². The summed E-state index contributed by atoms with van der Waals surface area (Å²) in [6.45, 7) is 0. The van der Waals surface area contributed by atoms with E-state index in [0.717, 1.165) is 82.5 Å². The molecule has 6 nitrogen and oxygen atoms in total. The Morgan fingerprint density at radius 2 is 0.810 bits per heavy atom. The lowest BCUT2D eigenvalue weighted by Crippen LogP contribution is -2.07. The summed E-state index contributed by atoms with van der Waals surface area (Å²) in [6.07, 6.45) is 0. The molecule has 4 aromatic heterocycles. The molecule has 0 bridgehead atoms. The molecule has 13 rings (SSSR count). The first-order valence-corrected chi connectivity index (χ1v) is 21.2. The van der Waals surface area contributed by atoms with Gasteiger partial charge in [0.1, 0.15) is 11.2 Å². The van der Waals surface area contributed by atoms with Gasteiger partial charge >= 0.3 is 0 Å². The highest BCUT2D eigenvalue weighted by Crippen LogP contribution is 2.42. The van der Waals surface area contributed by atoms with Crippen LogP contribution in [0.15, 0.2) is 217 Å². The zero-order valence-corrected chi connectivity index (χ0v) is 33.9. The molecule has 0 fully saturated rings. The maximum absolute atomic E-state index is 6.35. The van der Waals surface area contributed by atoms with Gasteiger partial charge in [-0.15, -0.1) is 0 Å². The summed E-state index contributed by atoms with van der Waals surface area (Å²) in [4.78, 5) is 16.0. The van der Waals surface area contributed by atoms with Gasteiger partial charge in [0.15, 0.2) is 11.6 Å². The molecule has 0 aliphatic heterocycles. The van der Waals surface area contributed by atoms with Gasteiger partial charge in [0.25, 0.3) is 0 Å².